The quantitative estimate of drug-likeness (QED) is 0.618. The number of rotatable bonds is 2. The predicted octanol–water partition coefficient (Wildman–Crippen LogP) is 2.85. The Labute approximate surface area is 126 Å². The van der Waals surface area contributed by atoms with Crippen molar-refractivity contribution < 1.29 is 14.1 Å². The van der Waals surface area contributed by atoms with Crippen molar-refractivity contribution in [1.82, 2.24) is 0 Å². The van der Waals surface area contributed by atoms with Crippen LogP contribution in [0, 0.1) is 12.8 Å². The molecule has 0 amide bonds. The van der Waals surface area contributed by atoms with Crippen molar-refractivity contribution in [3.63, 3.8) is 0 Å². The van der Waals surface area contributed by atoms with E-state index in [1.54, 1.807) is 0 Å². The number of morpholine rings is 1. The van der Waals surface area contributed by atoms with Crippen molar-refractivity contribution in [2.45, 2.75) is 32.6 Å². The third kappa shape index (κ3) is 3.24. The molecule has 112 valence electrons. The van der Waals surface area contributed by atoms with Crippen LogP contribution in [0.2, 0.25) is 0 Å². The zero-order valence-electron chi connectivity index (χ0n) is 12.8. The SMILES string of the molecule is Cc1ccc(C(=O)C2CCCCC2=[N+]2CCOCC2)cc1. The van der Waals surface area contributed by atoms with E-state index in [0.29, 0.717) is 5.78 Å². The number of ketones is 1. The van der Waals surface area contributed by atoms with Gasteiger partial charge in [0.05, 0.1) is 0 Å². The standard InChI is InChI=1S/C18H24NO2/c1-14-6-8-15(9-7-14)18(20)16-4-2-3-5-17(16)19-10-12-21-13-11-19/h6-9,16H,2-5,10-13H2,1H3/q+1. The van der Waals surface area contributed by atoms with Crippen LogP contribution >= 0.6 is 0 Å². The summed E-state index contributed by atoms with van der Waals surface area (Å²) in [5, 5.41) is 0. The fourth-order valence-electron chi connectivity index (χ4n) is 3.43. The molecule has 1 aromatic carbocycles. The lowest BCUT2D eigenvalue weighted by atomic mass is 9.81. The second-order valence-electron chi connectivity index (χ2n) is 6.12. The van der Waals surface area contributed by atoms with E-state index in [0.717, 1.165) is 51.1 Å². The molecule has 0 radical (unpaired) electrons. The van der Waals surface area contributed by atoms with Gasteiger partial charge in [0.25, 0.3) is 0 Å². The van der Waals surface area contributed by atoms with Crippen molar-refractivity contribution in [1.29, 1.82) is 0 Å². The van der Waals surface area contributed by atoms with Gasteiger partial charge in [0.15, 0.2) is 24.6 Å². The molecule has 21 heavy (non-hydrogen) atoms. The van der Waals surface area contributed by atoms with Gasteiger partial charge in [-0.05, 0) is 19.8 Å². The minimum Gasteiger partial charge on any atom is -0.368 e. The Morgan fingerprint density at radius 3 is 2.57 bits per heavy atom. The van der Waals surface area contributed by atoms with Gasteiger partial charge in [-0.15, -0.1) is 0 Å². The van der Waals surface area contributed by atoms with Crippen molar-refractivity contribution in [2.75, 3.05) is 26.3 Å². The number of benzene rings is 1. The van der Waals surface area contributed by atoms with Crippen molar-refractivity contribution in [3.05, 3.63) is 35.4 Å². The molecule has 1 aliphatic heterocycles. The molecule has 3 rings (SSSR count). The highest BCUT2D eigenvalue weighted by Crippen LogP contribution is 2.26. The lowest BCUT2D eigenvalue weighted by Crippen LogP contribution is -2.40. The molecule has 1 aromatic rings. The number of ether oxygens (including phenoxy) is 1. The van der Waals surface area contributed by atoms with E-state index in [2.05, 4.69) is 11.5 Å². The first-order valence-electron chi connectivity index (χ1n) is 8.05. The minimum atomic E-state index is 0.0829. The van der Waals surface area contributed by atoms with Gasteiger partial charge in [-0.25, -0.2) is 4.58 Å². The first-order valence-corrected chi connectivity index (χ1v) is 8.05. The second kappa shape index (κ2) is 6.52. The first-order chi connectivity index (χ1) is 10.3. The minimum absolute atomic E-state index is 0.0829. The fourth-order valence-corrected chi connectivity index (χ4v) is 3.43. The Bertz CT molecular complexity index is 537. The number of hydrogen-bond donors (Lipinski definition) is 0. The normalized spacial score (nSPS) is 23.2. The zero-order valence-corrected chi connectivity index (χ0v) is 12.8. The van der Waals surface area contributed by atoms with Crippen LogP contribution in [-0.2, 0) is 4.74 Å². The van der Waals surface area contributed by atoms with Gasteiger partial charge < -0.3 is 4.74 Å². The van der Waals surface area contributed by atoms with E-state index in [-0.39, 0.29) is 5.92 Å². The number of Topliss-reactive ketones (excluding diaryl/α,β-unsaturated/α-hetero) is 1. The average Bonchev–Trinajstić information content (AvgIpc) is 2.56. The number of aryl methyl sites for hydroxylation is 1. The van der Waals surface area contributed by atoms with Crippen molar-refractivity contribution in [2.24, 2.45) is 5.92 Å². The monoisotopic (exact) mass is 286 g/mol. The topological polar surface area (TPSA) is 29.3 Å². The van der Waals surface area contributed by atoms with Gasteiger partial charge in [0.2, 0.25) is 0 Å². The van der Waals surface area contributed by atoms with Crippen LogP contribution in [0.25, 0.3) is 0 Å². The Balaban J connectivity index is 1.86. The third-order valence-electron chi connectivity index (χ3n) is 4.65. The van der Waals surface area contributed by atoms with Crippen LogP contribution in [0.3, 0.4) is 0 Å². The molecule has 0 spiro atoms. The molecule has 1 aliphatic carbocycles. The Morgan fingerprint density at radius 2 is 1.86 bits per heavy atom. The Hall–Kier alpha value is -1.48. The molecular weight excluding hydrogens is 262 g/mol. The fraction of sp³-hybridized carbons (Fsp3) is 0.556. The molecule has 1 atom stereocenters. The molecule has 3 nitrogen and oxygen atoms in total. The molecule has 1 heterocycles. The van der Waals surface area contributed by atoms with Gasteiger partial charge in [-0.3, -0.25) is 4.79 Å². The van der Waals surface area contributed by atoms with Gasteiger partial charge in [-0.1, -0.05) is 36.2 Å². The highest BCUT2D eigenvalue weighted by atomic mass is 16.5. The summed E-state index contributed by atoms with van der Waals surface area (Å²) in [6.45, 7) is 5.50. The van der Waals surface area contributed by atoms with Gasteiger partial charge in [0.1, 0.15) is 19.1 Å². The maximum Gasteiger partial charge on any atom is 0.176 e. The highest BCUT2D eigenvalue weighted by Gasteiger charge is 2.34. The van der Waals surface area contributed by atoms with Crippen LogP contribution in [-0.4, -0.2) is 42.4 Å². The summed E-state index contributed by atoms with van der Waals surface area (Å²) in [6.07, 6.45) is 4.45. The molecule has 1 saturated carbocycles. The molecule has 0 aromatic heterocycles. The number of hydrogen-bond acceptors (Lipinski definition) is 2. The van der Waals surface area contributed by atoms with Crippen LogP contribution in [0.5, 0.6) is 0 Å². The van der Waals surface area contributed by atoms with Crippen LogP contribution in [0.1, 0.15) is 41.6 Å². The largest absolute Gasteiger partial charge is 0.368 e. The molecule has 0 N–H and O–H groups in total. The first kappa shape index (κ1) is 14.5. The molecule has 0 bridgehead atoms. The lowest BCUT2D eigenvalue weighted by Gasteiger charge is -2.24. The van der Waals surface area contributed by atoms with Crippen LogP contribution in [0.4, 0.5) is 0 Å². The van der Waals surface area contributed by atoms with E-state index in [1.807, 2.05) is 24.3 Å². The zero-order chi connectivity index (χ0) is 14.7. The molecule has 1 saturated heterocycles. The summed E-state index contributed by atoms with van der Waals surface area (Å²) < 4.78 is 7.85. The van der Waals surface area contributed by atoms with E-state index < -0.39 is 0 Å². The van der Waals surface area contributed by atoms with Crippen LogP contribution in [0.15, 0.2) is 24.3 Å². The number of carbonyl (C=O) groups excluding carboxylic acids is 1. The lowest BCUT2D eigenvalue weighted by molar-refractivity contribution is -0.552. The smallest absolute Gasteiger partial charge is 0.176 e. The summed E-state index contributed by atoms with van der Waals surface area (Å²) in [4.78, 5) is 12.9. The van der Waals surface area contributed by atoms with Crippen LogP contribution < -0.4 is 0 Å². The Morgan fingerprint density at radius 1 is 1.14 bits per heavy atom. The molecular formula is C18H24NO2+. The molecule has 2 fully saturated rings. The maximum absolute atomic E-state index is 12.9. The van der Waals surface area contributed by atoms with E-state index in [1.165, 1.54) is 17.7 Å². The number of nitrogens with zero attached hydrogens (tertiary/aromatic N) is 1. The summed E-state index contributed by atoms with van der Waals surface area (Å²) in [5.41, 5.74) is 3.42. The highest BCUT2D eigenvalue weighted by molar-refractivity contribution is 6.11. The molecule has 3 heteroatoms. The van der Waals surface area contributed by atoms with Crippen molar-refractivity contribution >= 4 is 11.5 Å². The number of carbonyl (C=O) groups is 1. The van der Waals surface area contributed by atoms with Gasteiger partial charge in [-0.2, -0.15) is 0 Å². The summed E-state index contributed by atoms with van der Waals surface area (Å²) in [6, 6.07) is 8.02. The molecule has 1 unspecified atom stereocenters. The van der Waals surface area contributed by atoms with Gasteiger partial charge in [0, 0.05) is 12.0 Å². The van der Waals surface area contributed by atoms with E-state index in [9.17, 15) is 4.79 Å². The second-order valence-corrected chi connectivity index (χ2v) is 6.12. The average molecular weight is 286 g/mol. The molecule has 2 aliphatic rings. The van der Waals surface area contributed by atoms with Gasteiger partial charge >= 0.3 is 0 Å². The summed E-state index contributed by atoms with van der Waals surface area (Å²) in [7, 11) is 0. The maximum atomic E-state index is 12.9. The Kier molecular flexibility index (Phi) is 4.49. The predicted molar refractivity (Wildman–Crippen MR) is 83.3 cm³/mol. The summed E-state index contributed by atoms with van der Waals surface area (Å²) in [5.74, 6) is 0.385. The third-order valence-corrected chi connectivity index (χ3v) is 4.65. The summed E-state index contributed by atoms with van der Waals surface area (Å²) >= 11 is 0. The van der Waals surface area contributed by atoms with E-state index in [4.69, 9.17) is 4.74 Å². The van der Waals surface area contributed by atoms with E-state index >= 15 is 0 Å². The van der Waals surface area contributed by atoms with Crippen molar-refractivity contribution in [3.8, 4) is 0 Å².